The molecule has 1 N–H and O–H groups in total. The SMILES string of the molecule is CCOC(=O)C(COCCOC(C)C)NC(C)C. The molecule has 0 aliphatic rings. The number of esters is 1. The normalized spacial score (nSPS) is 13.1. The first-order chi connectivity index (χ1) is 8.47. The monoisotopic (exact) mass is 261 g/mol. The van der Waals surface area contributed by atoms with Crippen LogP contribution in [0, 0.1) is 0 Å². The van der Waals surface area contributed by atoms with E-state index in [2.05, 4.69) is 5.32 Å². The van der Waals surface area contributed by atoms with Gasteiger partial charge in [0.25, 0.3) is 0 Å². The van der Waals surface area contributed by atoms with Crippen LogP contribution in [0.5, 0.6) is 0 Å². The van der Waals surface area contributed by atoms with Crippen LogP contribution < -0.4 is 5.32 Å². The number of carbonyl (C=O) groups excluding carboxylic acids is 1. The molecule has 0 amide bonds. The van der Waals surface area contributed by atoms with Crippen molar-refractivity contribution < 1.29 is 19.0 Å². The molecule has 108 valence electrons. The molecule has 0 spiro atoms. The van der Waals surface area contributed by atoms with Crippen molar-refractivity contribution >= 4 is 5.97 Å². The summed E-state index contributed by atoms with van der Waals surface area (Å²) in [4.78, 5) is 11.7. The van der Waals surface area contributed by atoms with Gasteiger partial charge in [0.1, 0.15) is 6.04 Å². The first-order valence-corrected chi connectivity index (χ1v) is 6.59. The van der Waals surface area contributed by atoms with Crippen LogP contribution in [0.15, 0.2) is 0 Å². The number of nitrogens with one attached hydrogen (secondary N) is 1. The zero-order valence-corrected chi connectivity index (χ0v) is 12.2. The van der Waals surface area contributed by atoms with Gasteiger partial charge in [-0.05, 0) is 20.8 Å². The van der Waals surface area contributed by atoms with E-state index in [0.29, 0.717) is 26.4 Å². The van der Waals surface area contributed by atoms with E-state index in [9.17, 15) is 4.79 Å². The summed E-state index contributed by atoms with van der Waals surface area (Å²) in [5.74, 6) is -0.268. The van der Waals surface area contributed by atoms with Crippen molar-refractivity contribution in [1.29, 1.82) is 0 Å². The highest BCUT2D eigenvalue weighted by molar-refractivity contribution is 5.75. The van der Waals surface area contributed by atoms with E-state index in [-0.39, 0.29) is 18.1 Å². The lowest BCUT2D eigenvalue weighted by molar-refractivity contribution is -0.147. The predicted molar refractivity (Wildman–Crippen MR) is 70.6 cm³/mol. The van der Waals surface area contributed by atoms with Crippen molar-refractivity contribution in [3.63, 3.8) is 0 Å². The Labute approximate surface area is 110 Å². The molecule has 0 aromatic heterocycles. The van der Waals surface area contributed by atoms with Crippen LogP contribution in [0.2, 0.25) is 0 Å². The molecule has 0 fully saturated rings. The Morgan fingerprint density at radius 2 is 1.83 bits per heavy atom. The minimum atomic E-state index is -0.413. The Morgan fingerprint density at radius 1 is 1.17 bits per heavy atom. The summed E-state index contributed by atoms with van der Waals surface area (Å²) in [6.07, 6.45) is 0.197. The van der Waals surface area contributed by atoms with Crippen molar-refractivity contribution in [2.24, 2.45) is 0 Å². The molecule has 0 aromatic carbocycles. The molecular formula is C13H27NO4. The van der Waals surface area contributed by atoms with Crippen molar-refractivity contribution in [1.82, 2.24) is 5.32 Å². The molecule has 0 aromatic rings. The minimum absolute atomic E-state index is 0.197. The summed E-state index contributed by atoms with van der Waals surface area (Å²) < 4.78 is 15.8. The van der Waals surface area contributed by atoms with E-state index in [1.54, 1.807) is 6.92 Å². The van der Waals surface area contributed by atoms with Gasteiger partial charge in [-0.2, -0.15) is 0 Å². The van der Waals surface area contributed by atoms with E-state index < -0.39 is 6.04 Å². The Morgan fingerprint density at radius 3 is 2.33 bits per heavy atom. The number of hydrogen-bond donors (Lipinski definition) is 1. The summed E-state index contributed by atoms with van der Waals surface area (Å²) in [7, 11) is 0. The standard InChI is InChI=1S/C13H27NO4/c1-6-17-13(15)12(14-10(2)3)9-16-7-8-18-11(4)5/h10-12,14H,6-9H2,1-5H3. The third-order valence-corrected chi connectivity index (χ3v) is 2.07. The lowest BCUT2D eigenvalue weighted by atomic mass is 10.2. The highest BCUT2D eigenvalue weighted by Gasteiger charge is 2.20. The van der Waals surface area contributed by atoms with Crippen LogP contribution in [-0.4, -0.2) is 50.6 Å². The van der Waals surface area contributed by atoms with E-state index in [1.165, 1.54) is 0 Å². The van der Waals surface area contributed by atoms with Gasteiger partial charge in [-0.1, -0.05) is 13.8 Å². The average Bonchev–Trinajstić information content (AvgIpc) is 2.26. The van der Waals surface area contributed by atoms with Gasteiger partial charge in [-0.25, -0.2) is 0 Å². The molecule has 1 atom stereocenters. The summed E-state index contributed by atoms with van der Waals surface area (Å²) >= 11 is 0. The Kier molecular flexibility index (Phi) is 9.92. The number of ether oxygens (including phenoxy) is 3. The minimum Gasteiger partial charge on any atom is -0.465 e. The van der Waals surface area contributed by atoms with Crippen LogP contribution in [0.3, 0.4) is 0 Å². The zero-order valence-electron chi connectivity index (χ0n) is 12.2. The summed E-state index contributed by atoms with van der Waals surface area (Å²) in [5, 5.41) is 3.12. The average molecular weight is 261 g/mol. The lowest BCUT2D eigenvalue weighted by Gasteiger charge is -2.19. The summed E-state index contributed by atoms with van der Waals surface area (Å²) in [6, 6.07) is -0.209. The topological polar surface area (TPSA) is 56.8 Å². The first-order valence-electron chi connectivity index (χ1n) is 6.59. The van der Waals surface area contributed by atoms with Gasteiger partial charge in [-0.15, -0.1) is 0 Å². The van der Waals surface area contributed by atoms with E-state index in [0.717, 1.165) is 0 Å². The Balaban J connectivity index is 3.90. The van der Waals surface area contributed by atoms with Gasteiger partial charge < -0.3 is 19.5 Å². The quantitative estimate of drug-likeness (QED) is 0.475. The maximum atomic E-state index is 11.7. The van der Waals surface area contributed by atoms with Crippen LogP contribution in [0.1, 0.15) is 34.6 Å². The lowest BCUT2D eigenvalue weighted by Crippen LogP contribution is -2.45. The largest absolute Gasteiger partial charge is 0.465 e. The Hall–Kier alpha value is -0.650. The molecule has 0 saturated heterocycles. The molecule has 0 aliphatic heterocycles. The highest BCUT2D eigenvalue weighted by Crippen LogP contribution is 1.95. The third kappa shape index (κ3) is 9.39. The second-order valence-electron chi connectivity index (χ2n) is 4.62. The molecular weight excluding hydrogens is 234 g/mol. The first kappa shape index (κ1) is 17.4. The fourth-order valence-electron chi connectivity index (χ4n) is 1.37. The Bertz CT molecular complexity index is 219. The van der Waals surface area contributed by atoms with Crippen LogP contribution in [-0.2, 0) is 19.0 Å². The predicted octanol–water partition coefficient (Wildman–Crippen LogP) is 1.36. The van der Waals surface area contributed by atoms with Crippen molar-refractivity contribution in [2.45, 2.75) is 52.8 Å². The molecule has 5 nitrogen and oxygen atoms in total. The van der Waals surface area contributed by atoms with Crippen molar-refractivity contribution in [2.75, 3.05) is 26.4 Å². The fraction of sp³-hybridized carbons (Fsp3) is 0.923. The number of carbonyl (C=O) groups is 1. The van der Waals surface area contributed by atoms with Crippen molar-refractivity contribution in [3.8, 4) is 0 Å². The molecule has 0 radical (unpaired) electrons. The van der Waals surface area contributed by atoms with Crippen LogP contribution in [0.4, 0.5) is 0 Å². The van der Waals surface area contributed by atoms with Gasteiger partial charge in [0.15, 0.2) is 0 Å². The van der Waals surface area contributed by atoms with E-state index in [4.69, 9.17) is 14.2 Å². The molecule has 0 saturated carbocycles. The van der Waals surface area contributed by atoms with Gasteiger partial charge in [0, 0.05) is 6.04 Å². The molecule has 1 unspecified atom stereocenters. The summed E-state index contributed by atoms with van der Waals surface area (Å²) in [6.45, 7) is 11.4. The molecule has 5 heteroatoms. The van der Waals surface area contributed by atoms with E-state index in [1.807, 2.05) is 27.7 Å². The third-order valence-electron chi connectivity index (χ3n) is 2.07. The van der Waals surface area contributed by atoms with Crippen LogP contribution >= 0.6 is 0 Å². The number of rotatable bonds is 10. The maximum absolute atomic E-state index is 11.7. The van der Waals surface area contributed by atoms with Gasteiger partial charge in [-0.3, -0.25) is 4.79 Å². The fourth-order valence-corrected chi connectivity index (χ4v) is 1.37. The summed E-state index contributed by atoms with van der Waals surface area (Å²) in [5.41, 5.74) is 0. The van der Waals surface area contributed by atoms with E-state index >= 15 is 0 Å². The number of hydrogen-bond acceptors (Lipinski definition) is 5. The highest BCUT2D eigenvalue weighted by atomic mass is 16.5. The van der Waals surface area contributed by atoms with Gasteiger partial charge in [0.05, 0.1) is 32.5 Å². The van der Waals surface area contributed by atoms with Gasteiger partial charge >= 0.3 is 5.97 Å². The molecule has 18 heavy (non-hydrogen) atoms. The van der Waals surface area contributed by atoms with Crippen molar-refractivity contribution in [3.05, 3.63) is 0 Å². The maximum Gasteiger partial charge on any atom is 0.325 e. The zero-order chi connectivity index (χ0) is 14.0. The van der Waals surface area contributed by atoms with Crippen LogP contribution in [0.25, 0.3) is 0 Å². The molecule has 0 aliphatic carbocycles. The molecule has 0 heterocycles. The second kappa shape index (κ2) is 10.3. The van der Waals surface area contributed by atoms with Gasteiger partial charge in [0.2, 0.25) is 0 Å². The molecule has 0 bridgehead atoms. The molecule has 0 rings (SSSR count). The smallest absolute Gasteiger partial charge is 0.325 e. The second-order valence-corrected chi connectivity index (χ2v) is 4.62.